The Kier molecular flexibility index (Phi) is 6.71. The number of carbonyl (C=O) groups is 1. The summed E-state index contributed by atoms with van der Waals surface area (Å²) < 4.78 is 4.96. The van der Waals surface area contributed by atoms with Crippen molar-refractivity contribution < 1.29 is 4.79 Å². The highest BCUT2D eigenvalue weighted by molar-refractivity contribution is 14.1. The average molecular weight is 540 g/mol. The number of benzene rings is 1. The van der Waals surface area contributed by atoms with E-state index in [9.17, 15) is 4.79 Å². The fourth-order valence-electron chi connectivity index (χ4n) is 3.25. The van der Waals surface area contributed by atoms with Gasteiger partial charge >= 0.3 is 0 Å². The molecule has 3 aromatic heterocycles. The molecule has 0 radical (unpaired) electrons. The fraction of sp³-hybridized carbons (Fsp3) is 0.136. The maximum Gasteiger partial charge on any atom is 0.278 e. The van der Waals surface area contributed by atoms with Gasteiger partial charge in [-0.15, -0.1) is 0 Å². The van der Waals surface area contributed by atoms with Crippen LogP contribution in [0.4, 0.5) is 11.5 Å². The molecule has 3 heterocycles. The van der Waals surface area contributed by atoms with Crippen molar-refractivity contribution in [1.82, 2.24) is 28.0 Å². The molecule has 0 bridgehead atoms. The van der Waals surface area contributed by atoms with Crippen molar-refractivity contribution in [3.63, 3.8) is 0 Å². The topological polar surface area (TPSA) is 124 Å². The van der Waals surface area contributed by atoms with Gasteiger partial charge in [-0.05, 0) is 25.0 Å². The van der Waals surface area contributed by atoms with Gasteiger partial charge in [-0.25, -0.2) is 15.0 Å². The second-order valence-electron chi connectivity index (χ2n) is 7.01. The lowest BCUT2D eigenvalue weighted by atomic mass is 10.1. The molecule has 4 N–H and O–H groups in total. The molecule has 0 spiro atoms. The van der Waals surface area contributed by atoms with Gasteiger partial charge in [0.05, 0.1) is 29.5 Å². The van der Waals surface area contributed by atoms with Gasteiger partial charge in [0.15, 0.2) is 11.5 Å². The zero-order valence-corrected chi connectivity index (χ0v) is 19.4. The van der Waals surface area contributed by atoms with E-state index in [1.165, 1.54) is 5.56 Å². The van der Waals surface area contributed by atoms with Crippen LogP contribution < -0.4 is 14.6 Å². The van der Waals surface area contributed by atoms with E-state index in [0.717, 1.165) is 30.0 Å². The van der Waals surface area contributed by atoms with E-state index in [2.05, 4.69) is 51.6 Å². The summed E-state index contributed by atoms with van der Waals surface area (Å²) >= 11 is 2.13. The molecule has 0 aliphatic rings. The summed E-state index contributed by atoms with van der Waals surface area (Å²) in [4.78, 5) is 30.1. The Morgan fingerprint density at radius 2 is 1.94 bits per heavy atom. The van der Waals surface area contributed by atoms with Crippen molar-refractivity contribution >= 4 is 40.3 Å². The predicted molar refractivity (Wildman–Crippen MR) is 132 cm³/mol. The number of halogens is 1. The molecule has 162 valence electrons. The van der Waals surface area contributed by atoms with Crippen molar-refractivity contribution in [3.05, 3.63) is 78.4 Å². The zero-order valence-electron chi connectivity index (χ0n) is 17.3. The van der Waals surface area contributed by atoms with E-state index in [0.29, 0.717) is 11.4 Å². The maximum absolute atomic E-state index is 13.0. The summed E-state index contributed by atoms with van der Waals surface area (Å²) in [6, 6.07) is 9.80. The second kappa shape index (κ2) is 9.83. The van der Waals surface area contributed by atoms with E-state index in [4.69, 9.17) is 5.73 Å². The summed E-state index contributed by atoms with van der Waals surface area (Å²) in [5.41, 5.74) is 9.92. The molecular weight excluding hydrogens is 519 g/mol. The van der Waals surface area contributed by atoms with E-state index in [1.807, 2.05) is 42.0 Å². The summed E-state index contributed by atoms with van der Waals surface area (Å²) in [5.74, 6) is 0.375. The first kappa shape index (κ1) is 21.8. The van der Waals surface area contributed by atoms with Crippen LogP contribution in [-0.2, 0) is 6.42 Å². The van der Waals surface area contributed by atoms with Gasteiger partial charge in [0.2, 0.25) is 0 Å². The summed E-state index contributed by atoms with van der Waals surface area (Å²) in [7, 11) is 0. The normalized spacial score (nSPS) is 10.8. The highest BCUT2D eigenvalue weighted by Gasteiger charge is 2.17. The first-order valence-corrected chi connectivity index (χ1v) is 11.0. The van der Waals surface area contributed by atoms with Gasteiger partial charge < -0.3 is 15.6 Å². The van der Waals surface area contributed by atoms with Crippen LogP contribution in [0.5, 0.6) is 0 Å². The molecule has 10 heteroatoms. The zero-order chi connectivity index (χ0) is 22.5. The number of aryl methyl sites for hydroxylation is 1. The van der Waals surface area contributed by atoms with E-state index < -0.39 is 5.91 Å². The van der Waals surface area contributed by atoms with Crippen LogP contribution in [0.1, 0.15) is 21.9 Å². The number of nitrogen functional groups attached to an aromatic ring is 1. The molecule has 0 aliphatic carbocycles. The fourth-order valence-corrected chi connectivity index (χ4v) is 3.52. The minimum absolute atomic E-state index is 0.0536. The number of aromatic nitrogens is 5. The standard InChI is InChI=1S/C22H21IN8O/c1-14-26-10-11-31(14)19-7-8-25-12-18(19)30-22(32)20-21(24)27-13-17(29-20)16-4-2-15(3-5-16)6-9-28-23/h2-5,7-8,10-13,28H,6,9H2,1H3,(H2,24,27)(H,30,32). The number of nitrogens with zero attached hydrogens (tertiary/aromatic N) is 5. The molecule has 9 nitrogen and oxygen atoms in total. The lowest BCUT2D eigenvalue weighted by Crippen LogP contribution is -2.18. The van der Waals surface area contributed by atoms with Crippen LogP contribution in [0.2, 0.25) is 0 Å². The number of nitrogens with two attached hydrogens (primary N) is 1. The van der Waals surface area contributed by atoms with Crippen molar-refractivity contribution in [2.75, 3.05) is 17.6 Å². The van der Waals surface area contributed by atoms with E-state index >= 15 is 0 Å². The second-order valence-corrected chi connectivity index (χ2v) is 7.77. The molecule has 0 atom stereocenters. The van der Waals surface area contributed by atoms with E-state index in [-0.39, 0.29) is 11.5 Å². The first-order chi connectivity index (χ1) is 15.6. The Morgan fingerprint density at radius 3 is 2.66 bits per heavy atom. The van der Waals surface area contributed by atoms with Crippen LogP contribution in [0.3, 0.4) is 0 Å². The smallest absolute Gasteiger partial charge is 0.278 e. The number of rotatable bonds is 7. The van der Waals surface area contributed by atoms with Crippen LogP contribution in [0.15, 0.2) is 61.3 Å². The molecule has 0 fully saturated rings. The summed E-state index contributed by atoms with van der Waals surface area (Å²) in [6.45, 7) is 2.77. The first-order valence-electron chi connectivity index (χ1n) is 9.88. The Balaban J connectivity index is 1.60. The lowest BCUT2D eigenvalue weighted by Gasteiger charge is -2.13. The van der Waals surface area contributed by atoms with E-state index in [1.54, 1.807) is 30.9 Å². The molecule has 0 saturated heterocycles. The van der Waals surface area contributed by atoms with Gasteiger partial charge in [-0.3, -0.25) is 13.3 Å². The number of hydrogen-bond donors (Lipinski definition) is 3. The summed E-state index contributed by atoms with van der Waals surface area (Å²) in [5, 5.41) is 2.85. The molecular formula is C22H21IN8O. The third-order valence-electron chi connectivity index (χ3n) is 4.91. The van der Waals surface area contributed by atoms with Gasteiger partial charge in [-0.1, -0.05) is 24.3 Å². The number of imidazole rings is 1. The number of anilines is 2. The van der Waals surface area contributed by atoms with Crippen molar-refractivity contribution in [2.24, 2.45) is 0 Å². The Morgan fingerprint density at radius 1 is 1.12 bits per heavy atom. The lowest BCUT2D eigenvalue weighted by molar-refractivity contribution is 0.102. The van der Waals surface area contributed by atoms with Gasteiger partial charge in [0.1, 0.15) is 5.82 Å². The number of pyridine rings is 1. The number of hydrogen-bond acceptors (Lipinski definition) is 7. The molecule has 0 saturated carbocycles. The Bertz CT molecular complexity index is 1240. The number of amides is 1. The quantitative estimate of drug-likeness (QED) is 0.243. The van der Waals surface area contributed by atoms with Gasteiger partial charge in [-0.2, -0.15) is 0 Å². The van der Waals surface area contributed by atoms with Crippen molar-refractivity contribution in [1.29, 1.82) is 0 Å². The van der Waals surface area contributed by atoms with Crippen molar-refractivity contribution in [3.8, 4) is 16.9 Å². The molecule has 4 rings (SSSR count). The van der Waals surface area contributed by atoms with Crippen LogP contribution >= 0.6 is 22.9 Å². The third kappa shape index (κ3) is 4.75. The highest BCUT2D eigenvalue weighted by Crippen LogP contribution is 2.23. The monoisotopic (exact) mass is 540 g/mol. The molecule has 4 aromatic rings. The SMILES string of the molecule is Cc1nccn1-c1ccncc1NC(=O)c1nc(-c2ccc(CCNI)cc2)cnc1N. The minimum atomic E-state index is -0.464. The largest absolute Gasteiger partial charge is 0.382 e. The van der Waals surface area contributed by atoms with Crippen LogP contribution in [0, 0.1) is 6.92 Å². The Hall–Kier alpha value is -3.38. The average Bonchev–Trinajstić information content (AvgIpc) is 3.24. The third-order valence-corrected chi connectivity index (χ3v) is 5.44. The van der Waals surface area contributed by atoms with Gasteiger partial charge in [0, 0.05) is 53.6 Å². The summed E-state index contributed by atoms with van der Waals surface area (Å²) in [6.07, 6.45) is 9.22. The molecule has 32 heavy (non-hydrogen) atoms. The highest BCUT2D eigenvalue weighted by atomic mass is 127. The molecule has 0 aliphatic heterocycles. The Labute approximate surface area is 199 Å². The number of nitrogens with one attached hydrogen (secondary N) is 2. The van der Waals surface area contributed by atoms with Crippen LogP contribution in [0.25, 0.3) is 16.9 Å². The van der Waals surface area contributed by atoms with Crippen LogP contribution in [-0.4, -0.2) is 37.0 Å². The number of carbonyl (C=O) groups excluding carboxylic acids is 1. The molecule has 1 aromatic carbocycles. The minimum Gasteiger partial charge on any atom is -0.382 e. The van der Waals surface area contributed by atoms with Gasteiger partial charge in [0.25, 0.3) is 5.91 Å². The molecule has 1 amide bonds. The molecule has 0 unspecified atom stereocenters. The van der Waals surface area contributed by atoms with Crippen molar-refractivity contribution in [2.45, 2.75) is 13.3 Å². The predicted octanol–water partition coefficient (Wildman–Crippen LogP) is 3.35. The maximum atomic E-state index is 13.0.